The van der Waals surface area contributed by atoms with Gasteiger partial charge in [0.15, 0.2) is 0 Å². The van der Waals surface area contributed by atoms with Crippen LogP contribution in [0.3, 0.4) is 0 Å². The lowest BCUT2D eigenvalue weighted by Crippen LogP contribution is -2.28. The molecule has 0 atom stereocenters. The van der Waals surface area contributed by atoms with Crippen LogP contribution >= 0.6 is 0 Å². The van der Waals surface area contributed by atoms with Gasteiger partial charge >= 0.3 is 27.6 Å². The van der Waals surface area contributed by atoms with Crippen molar-refractivity contribution in [2.24, 2.45) is 0 Å². The Labute approximate surface area is 147 Å². The van der Waals surface area contributed by atoms with Crippen molar-refractivity contribution in [1.29, 1.82) is 0 Å². The first kappa shape index (κ1) is 21.5. The first-order valence-corrected chi connectivity index (χ1v) is 8.37. The molecule has 0 spiro atoms. The third kappa shape index (κ3) is 6.10. The summed E-state index contributed by atoms with van der Waals surface area (Å²) in [4.78, 5) is 22.8. The maximum atomic E-state index is 12.4. The van der Waals surface area contributed by atoms with Gasteiger partial charge in [-0.1, -0.05) is 0 Å². The van der Waals surface area contributed by atoms with E-state index in [1.54, 1.807) is 0 Å². The van der Waals surface area contributed by atoms with Crippen molar-refractivity contribution in [3.63, 3.8) is 0 Å². The molecule has 26 heavy (non-hydrogen) atoms. The van der Waals surface area contributed by atoms with Crippen LogP contribution < -0.4 is 9.50 Å². The number of carboxylic acids is 1. The largest absolute Gasteiger partial charge is 0.534 e. The van der Waals surface area contributed by atoms with Gasteiger partial charge in [-0.3, -0.25) is 4.79 Å². The maximum absolute atomic E-state index is 12.4. The number of benzene rings is 1. The Balaban J connectivity index is 3.27. The molecule has 0 aliphatic heterocycles. The summed E-state index contributed by atoms with van der Waals surface area (Å²) in [5.41, 5.74) is -7.09. The van der Waals surface area contributed by atoms with E-state index < -0.39 is 51.0 Å². The number of carboxylic acid groups (broad SMARTS) is 1. The summed E-state index contributed by atoms with van der Waals surface area (Å²) in [5.74, 6) is -3.07. The fourth-order valence-electron chi connectivity index (χ4n) is 1.58. The number of rotatable bonds is 6. The zero-order valence-corrected chi connectivity index (χ0v) is 14.7. The highest BCUT2D eigenvalue weighted by atomic mass is 32.2. The van der Waals surface area contributed by atoms with Crippen LogP contribution in [-0.4, -0.2) is 43.1 Å². The molecule has 1 aromatic carbocycles. The van der Waals surface area contributed by atoms with Crippen molar-refractivity contribution in [2.45, 2.75) is 31.9 Å². The molecular weight excluding hydrogens is 383 g/mol. The van der Waals surface area contributed by atoms with Gasteiger partial charge in [-0.2, -0.15) is 21.6 Å². The summed E-state index contributed by atoms with van der Waals surface area (Å²) in [6, 6.07) is 2.55. The second kappa shape index (κ2) is 7.40. The molecule has 0 amide bonds. The van der Waals surface area contributed by atoms with Crippen molar-refractivity contribution in [1.82, 2.24) is 0 Å². The molecule has 0 saturated carbocycles. The summed E-state index contributed by atoms with van der Waals surface area (Å²) in [7, 11) is -5.93. The lowest BCUT2D eigenvalue weighted by Gasteiger charge is -2.21. The minimum atomic E-state index is -5.93. The van der Waals surface area contributed by atoms with E-state index in [2.05, 4.69) is 9.50 Å². The second-order valence-electron chi connectivity index (χ2n) is 5.94. The number of nitrogens with one attached hydrogen (secondary N) is 1. The van der Waals surface area contributed by atoms with Gasteiger partial charge in [-0.05, 0) is 39.0 Å². The lowest BCUT2D eigenvalue weighted by atomic mass is 10.1. The smallest absolute Gasteiger partial charge is 0.480 e. The summed E-state index contributed by atoms with van der Waals surface area (Å²) < 4.78 is 68.4. The Bertz CT molecular complexity index is 798. The predicted molar refractivity (Wildman–Crippen MR) is 83.3 cm³/mol. The summed E-state index contributed by atoms with van der Waals surface area (Å²) in [6.45, 7) is 3.99. The van der Waals surface area contributed by atoms with Crippen LogP contribution in [0.15, 0.2) is 18.2 Å². The first-order valence-electron chi connectivity index (χ1n) is 6.96. The second-order valence-corrected chi connectivity index (χ2v) is 7.48. The number of carbonyl (C=O) groups excluding carboxylic acids is 1. The minimum Gasteiger partial charge on any atom is -0.480 e. The van der Waals surface area contributed by atoms with Gasteiger partial charge in [0.25, 0.3) is 0 Å². The highest BCUT2D eigenvalue weighted by Crippen LogP contribution is 2.30. The molecule has 0 radical (unpaired) electrons. The SMILES string of the molecule is CC(C)(C)OC(=O)c1cc(OS(=O)(=O)C(F)(F)F)ccc1NCC(=O)O. The van der Waals surface area contributed by atoms with Crippen molar-refractivity contribution < 1.29 is 45.2 Å². The highest BCUT2D eigenvalue weighted by molar-refractivity contribution is 7.88. The van der Waals surface area contributed by atoms with Gasteiger partial charge in [0.2, 0.25) is 0 Å². The summed E-state index contributed by atoms with van der Waals surface area (Å²) >= 11 is 0. The van der Waals surface area contributed by atoms with Crippen LogP contribution in [-0.2, 0) is 19.6 Å². The Morgan fingerprint density at radius 2 is 1.77 bits per heavy atom. The molecule has 0 bridgehead atoms. The number of halogens is 3. The minimum absolute atomic E-state index is 0.0848. The number of ether oxygens (including phenoxy) is 1. The fourth-order valence-corrected chi connectivity index (χ4v) is 2.03. The molecule has 0 aromatic heterocycles. The maximum Gasteiger partial charge on any atom is 0.534 e. The molecule has 0 heterocycles. The molecule has 146 valence electrons. The van der Waals surface area contributed by atoms with E-state index in [0.717, 1.165) is 12.1 Å². The van der Waals surface area contributed by atoms with E-state index in [0.29, 0.717) is 6.07 Å². The van der Waals surface area contributed by atoms with Crippen LogP contribution in [0.2, 0.25) is 0 Å². The van der Waals surface area contributed by atoms with Crippen molar-refractivity contribution >= 4 is 27.7 Å². The van der Waals surface area contributed by atoms with E-state index in [1.165, 1.54) is 20.8 Å². The van der Waals surface area contributed by atoms with Gasteiger partial charge in [-0.15, -0.1) is 0 Å². The normalized spacial score (nSPS) is 12.4. The molecule has 0 fully saturated rings. The predicted octanol–water partition coefficient (Wildman–Crippen LogP) is 2.37. The van der Waals surface area contributed by atoms with E-state index in [-0.39, 0.29) is 5.69 Å². The Kier molecular flexibility index (Phi) is 6.13. The molecule has 8 nitrogen and oxygen atoms in total. The Hall–Kier alpha value is -2.50. The molecular formula is C14H16F3NO7S. The topological polar surface area (TPSA) is 119 Å². The number of carbonyl (C=O) groups is 2. The van der Waals surface area contributed by atoms with E-state index >= 15 is 0 Å². The number of hydrogen-bond donors (Lipinski definition) is 2. The van der Waals surface area contributed by atoms with Crippen molar-refractivity contribution in [2.75, 3.05) is 11.9 Å². The fraction of sp³-hybridized carbons (Fsp3) is 0.429. The van der Waals surface area contributed by atoms with Crippen molar-refractivity contribution in [3.05, 3.63) is 23.8 Å². The van der Waals surface area contributed by atoms with Crippen LogP contribution in [0, 0.1) is 0 Å². The molecule has 1 rings (SSSR count). The standard InChI is InChI=1S/C14H16F3NO7S/c1-13(2,3)24-12(21)9-6-8(25-26(22,23)14(15,16)17)4-5-10(9)18-7-11(19)20/h4-6,18H,7H2,1-3H3,(H,19,20). The zero-order chi connectivity index (χ0) is 20.3. The van der Waals surface area contributed by atoms with E-state index in [9.17, 15) is 31.2 Å². The van der Waals surface area contributed by atoms with Crippen LogP contribution in [0.4, 0.5) is 18.9 Å². The van der Waals surface area contributed by atoms with E-state index in [4.69, 9.17) is 9.84 Å². The third-order valence-electron chi connectivity index (χ3n) is 2.53. The van der Waals surface area contributed by atoms with Crippen LogP contribution in [0.1, 0.15) is 31.1 Å². The number of esters is 1. The van der Waals surface area contributed by atoms with Gasteiger partial charge in [-0.25, -0.2) is 4.79 Å². The number of aliphatic carboxylic acids is 1. The molecule has 0 aliphatic rings. The van der Waals surface area contributed by atoms with Gasteiger partial charge in [0, 0.05) is 5.69 Å². The number of hydrogen-bond acceptors (Lipinski definition) is 7. The third-order valence-corrected chi connectivity index (χ3v) is 3.51. The molecule has 0 unspecified atom stereocenters. The average Bonchev–Trinajstić information content (AvgIpc) is 2.42. The monoisotopic (exact) mass is 399 g/mol. The van der Waals surface area contributed by atoms with Gasteiger partial charge < -0.3 is 19.3 Å². The quantitative estimate of drug-likeness (QED) is 0.425. The van der Waals surface area contributed by atoms with Crippen LogP contribution in [0.25, 0.3) is 0 Å². The Morgan fingerprint density at radius 3 is 2.23 bits per heavy atom. The summed E-state index contributed by atoms with van der Waals surface area (Å²) in [5, 5.41) is 11.1. The Morgan fingerprint density at radius 1 is 1.19 bits per heavy atom. The summed E-state index contributed by atoms with van der Waals surface area (Å²) in [6.07, 6.45) is 0. The van der Waals surface area contributed by atoms with Crippen molar-refractivity contribution in [3.8, 4) is 5.75 Å². The van der Waals surface area contributed by atoms with Gasteiger partial charge in [0.05, 0.1) is 5.56 Å². The number of anilines is 1. The molecule has 2 N–H and O–H groups in total. The number of alkyl halides is 3. The van der Waals surface area contributed by atoms with Crippen LogP contribution in [0.5, 0.6) is 5.75 Å². The lowest BCUT2D eigenvalue weighted by molar-refractivity contribution is -0.134. The first-order chi connectivity index (χ1) is 11.6. The van der Waals surface area contributed by atoms with E-state index in [1.807, 2.05) is 0 Å². The van der Waals surface area contributed by atoms with Gasteiger partial charge in [0.1, 0.15) is 17.9 Å². The molecule has 12 heteroatoms. The molecule has 0 saturated heterocycles. The molecule has 0 aliphatic carbocycles. The zero-order valence-electron chi connectivity index (χ0n) is 13.9. The average molecular weight is 399 g/mol. The molecule has 1 aromatic rings. The highest BCUT2D eigenvalue weighted by Gasteiger charge is 2.48.